The van der Waals surface area contributed by atoms with Crippen LogP contribution in [0.4, 0.5) is 0 Å². The summed E-state index contributed by atoms with van der Waals surface area (Å²) in [6.45, 7) is 17.1. The van der Waals surface area contributed by atoms with E-state index in [9.17, 15) is 14.9 Å². The number of hydrogen-bond donors (Lipinski definition) is 0. The van der Waals surface area contributed by atoms with Crippen molar-refractivity contribution in [3.05, 3.63) is 91.9 Å². The molecule has 1 unspecified atom stereocenters. The maximum absolute atomic E-state index is 13.5. The molecular formula is C43H55N5O4. The van der Waals surface area contributed by atoms with Gasteiger partial charge in [-0.2, -0.15) is 5.26 Å². The molecule has 276 valence electrons. The maximum Gasteiger partial charge on any atom is 0.264 e. The van der Waals surface area contributed by atoms with Crippen LogP contribution < -0.4 is 15.0 Å². The van der Waals surface area contributed by atoms with Crippen LogP contribution in [0.2, 0.25) is 0 Å². The minimum atomic E-state index is -0.251. The van der Waals surface area contributed by atoms with E-state index in [0.29, 0.717) is 6.54 Å². The van der Waals surface area contributed by atoms with E-state index in [-0.39, 0.29) is 34.0 Å². The first-order chi connectivity index (χ1) is 24.7. The van der Waals surface area contributed by atoms with Crippen LogP contribution in [0.3, 0.4) is 0 Å². The Morgan fingerprint density at radius 2 is 1.73 bits per heavy atom. The number of nitriles is 1. The Morgan fingerprint density at radius 1 is 1.04 bits per heavy atom. The number of amides is 1. The van der Waals surface area contributed by atoms with E-state index in [1.165, 1.54) is 36.0 Å². The number of hydrogen-bond acceptors (Lipinski definition) is 7. The van der Waals surface area contributed by atoms with Gasteiger partial charge in [-0.15, -0.1) is 0 Å². The van der Waals surface area contributed by atoms with Crippen LogP contribution in [-0.2, 0) is 31.4 Å². The van der Waals surface area contributed by atoms with Crippen molar-refractivity contribution in [2.75, 3.05) is 40.4 Å². The first-order valence-electron chi connectivity index (χ1n) is 18.6. The van der Waals surface area contributed by atoms with Crippen molar-refractivity contribution in [1.82, 2.24) is 19.3 Å². The fourth-order valence-corrected chi connectivity index (χ4v) is 8.63. The van der Waals surface area contributed by atoms with E-state index < -0.39 is 0 Å². The SMILES string of the molecule is COc1cc(-c2cn(C)c(=O)c(C)c2C)cc(OC)c1CN1CCN(Cc2cccc3c2CCN(C(=O)/C(C#N)=C/C(C)(C)C)C3C)C2(CCC2)C1. The Bertz CT molecular complexity index is 1970. The lowest BCUT2D eigenvalue weighted by atomic mass is 9.73. The molecule has 0 radical (unpaired) electrons. The summed E-state index contributed by atoms with van der Waals surface area (Å²) in [5.41, 5.74) is 8.71. The van der Waals surface area contributed by atoms with Gasteiger partial charge < -0.3 is 18.9 Å². The van der Waals surface area contributed by atoms with Gasteiger partial charge in [0.15, 0.2) is 0 Å². The molecule has 3 heterocycles. The summed E-state index contributed by atoms with van der Waals surface area (Å²) in [7, 11) is 5.22. The van der Waals surface area contributed by atoms with E-state index in [1.807, 2.05) is 45.7 Å². The Labute approximate surface area is 309 Å². The average Bonchev–Trinajstić information content (AvgIpc) is 3.10. The van der Waals surface area contributed by atoms with Crippen LogP contribution in [0.5, 0.6) is 11.5 Å². The summed E-state index contributed by atoms with van der Waals surface area (Å²) in [6, 6.07) is 12.8. The second kappa shape index (κ2) is 14.6. The van der Waals surface area contributed by atoms with Gasteiger partial charge in [-0.1, -0.05) is 45.0 Å². The summed E-state index contributed by atoms with van der Waals surface area (Å²) in [6.07, 6.45) is 8.06. The molecular weight excluding hydrogens is 651 g/mol. The first-order valence-corrected chi connectivity index (χ1v) is 18.6. The average molecular weight is 706 g/mol. The topological polar surface area (TPSA) is 91.0 Å². The first kappa shape index (κ1) is 37.4. The molecule has 6 rings (SSSR count). The van der Waals surface area contributed by atoms with E-state index >= 15 is 0 Å². The van der Waals surface area contributed by atoms with Crippen LogP contribution in [-0.4, -0.2) is 71.1 Å². The molecule has 2 fully saturated rings. The van der Waals surface area contributed by atoms with Gasteiger partial charge in [-0.3, -0.25) is 19.4 Å². The molecule has 52 heavy (non-hydrogen) atoms. The smallest absolute Gasteiger partial charge is 0.264 e. The lowest BCUT2D eigenvalue weighted by Crippen LogP contribution is -2.64. The number of rotatable bonds is 8. The van der Waals surface area contributed by atoms with Crippen molar-refractivity contribution in [3.8, 4) is 28.7 Å². The fourth-order valence-electron chi connectivity index (χ4n) is 8.63. The second-order valence-electron chi connectivity index (χ2n) is 16.2. The van der Waals surface area contributed by atoms with Crippen LogP contribution in [0.25, 0.3) is 11.1 Å². The minimum Gasteiger partial charge on any atom is -0.496 e. The molecule has 1 saturated heterocycles. The van der Waals surface area contributed by atoms with Gasteiger partial charge in [0.1, 0.15) is 23.1 Å². The lowest BCUT2D eigenvalue weighted by Gasteiger charge is -2.56. The molecule has 3 aromatic rings. The summed E-state index contributed by atoms with van der Waals surface area (Å²) >= 11 is 0. The predicted molar refractivity (Wildman–Crippen MR) is 205 cm³/mol. The predicted octanol–water partition coefficient (Wildman–Crippen LogP) is 6.87. The van der Waals surface area contributed by atoms with Crippen molar-refractivity contribution in [3.63, 3.8) is 0 Å². The Hall–Kier alpha value is -4.39. The highest BCUT2D eigenvalue weighted by Crippen LogP contribution is 2.44. The Kier molecular flexibility index (Phi) is 10.5. The number of allylic oxidation sites excluding steroid dienone is 1. The number of aromatic nitrogens is 1. The van der Waals surface area contributed by atoms with Crippen molar-refractivity contribution in [2.24, 2.45) is 12.5 Å². The van der Waals surface area contributed by atoms with Crippen molar-refractivity contribution < 1.29 is 14.3 Å². The Morgan fingerprint density at radius 3 is 2.33 bits per heavy atom. The maximum atomic E-state index is 13.5. The van der Waals surface area contributed by atoms with Gasteiger partial charge in [0.05, 0.1) is 25.8 Å². The largest absolute Gasteiger partial charge is 0.496 e. The van der Waals surface area contributed by atoms with Gasteiger partial charge in [-0.05, 0) is 91.8 Å². The Balaban J connectivity index is 1.20. The van der Waals surface area contributed by atoms with Gasteiger partial charge in [0.2, 0.25) is 0 Å². The molecule has 1 atom stereocenters. The quantitative estimate of drug-likeness (QED) is 0.187. The third-order valence-corrected chi connectivity index (χ3v) is 11.8. The molecule has 1 amide bonds. The number of pyridine rings is 1. The number of ether oxygens (including phenoxy) is 2. The molecule has 1 aliphatic carbocycles. The monoisotopic (exact) mass is 705 g/mol. The van der Waals surface area contributed by atoms with Crippen LogP contribution in [0, 0.1) is 30.6 Å². The number of carbonyl (C=O) groups excluding carboxylic acids is 1. The number of benzene rings is 2. The fraction of sp³-hybridized carbons (Fsp3) is 0.512. The number of nitrogens with zero attached hydrogens (tertiary/aromatic N) is 5. The number of fused-ring (bicyclic) bond motifs is 1. The van der Waals surface area contributed by atoms with E-state index in [1.54, 1.807) is 31.9 Å². The zero-order valence-electron chi connectivity index (χ0n) is 32.6. The highest BCUT2D eigenvalue weighted by atomic mass is 16.5. The zero-order chi connectivity index (χ0) is 37.5. The van der Waals surface area contributed by atoms with E-state index in [4.69, 9.17) is 9.47 Å². The van der Waals surface area contributed by atoms with Crippen LogP contribution in [0.1, 0.15) is 86.4 Å². The molecule has 9 nitrogen and oxygen atoms in total. The zero-order valence-corrected chi connectivity index (χ0v) is 32.6. The highest BCUT2D eigenvalue weighted by Gasteiger charge is 2.46. The number of carbonyl (C=O) groups is 1. The summed E-state index contributed by atoms with van der Waals surface area (Å²) in [5, 5.41) is 9.82. The molecule has 2 aromatic carbocycles. The molecule has 1 spiro atoms. The molecule has 2 aliphatic heterocycles. The van der Waals surface area contributed by atoms with Gasteiger partial charge in [0, 0.05) is 69.2 Å². The highest BCUT2D eigenvalue weighted by molar-refractivity contribution is 5.97. The molecule has 0 bridgehead atoms. The molecule has 1 aromatic heterocycles. The van der Waals surface area contributed by atoms with Crippen molar-refractivity contribution >= 4 is 5.91 Å². The summed E-state index contributed by atoms with van der Waals surface area (Å²) < 4.78 is 13.6. The van der Waals surface area contributed by atoms with Gasteiger partial charge in [-0.25, -0.2) is 0 Å². The number of aryl methyl sites for hydroxylation is 1. The molecule has 3 aliphatic rings. The molecule has 1 saturated carbocycles. The van der Waals surface area contributed by atoms with Crippen molar-refractivity contribution in [2.45, 2.75) is 91.9 Å². The molecule has 0 N–H and O–H groups in total. The van der Waals surface area contributed by atoms with Gasteiger partial charge >= 0.3 is 0 Å². The van der Waals surface area contributed by atoms with Crippen LogP contribution in [0.15, 0.2) is 53.0 Å². The van der Waals surface area contributed by atoms with Gasteiger partial charge in [0.25, 0.3) is 11.5 Å². The normalized spacial score (nSPS) is 19.2. The summed E-state index contributed by atoms with van der Waals surface area (Å²) in [5.74, 6) is 1.41. The minimum absolute atomic E-state index is 0.0144. The standard InChI is InChI=1S/C43H55N5O4/c1-28-29(2)40(49)45(7)25-36(28)32-20-38(51-8)37(39(21-32)52-9)26-46-18-19-47(43(27-46)15-11-16-43)24-31-12-10-13-34-30(3)48(17-14-35(31)34)41(50)33(23-44)22-42(4,5)6/h10,12-13,20-22,25,30H,11,14-19,24,26-27H2,1-9H3/b33-22+. The summed E-state index contributed by atoms with van der Waals surface area (Å²) in [4.78, 5) is 33.2. The second-order valence-corrected chi connectivity index (χ2v) is 16.2. The number of piperazine rings is 1. The van der Waals surface area contributed by atoms with Crippen LogP contribution >= 0.6 is 0 Å². The lowest BCUT2D eigenvalue weighted by molar-refractivity contribution is -0.129. The third-order valence-electron chi connectivity index (χ3n) is 11.8. The van der Waals surface area contributed by atoms with E-state index in [0.717, 1.165) is 78.5 Å². The van der Waals surface area contributed by atoms with E-state index in [2.05, 4.69) is 53.1 Å². The van der Waals surface area contributed by atoms with Crippen molar-refractivity contribution in [1.29, 1.82) is 5.26 Å². The molecule has 9 heteroatoms. The third kappa shape index (κ3) is 7.03. The number of methoxy groups -OCH3 is 2.